The Labute approximate surface area is 119 Å². The van der Waals surface area contributed by atoms with Crippen molar-refractivity contribution in [1.82, 2.24) is 14.1 Å². The van der Waals surface area contributed by atoms with Gasteiger partial charge in [0.1, 0.15) is 5.65 Å². The largest absolute Gasteiger partial charge is 0.381 e. The summed E-state index contributed by atoms with van der Waals surface area (Å²) in [5.74, 6) is 0.346. The molecule has 0 atom stereocenters. The number of pyridine rings is 1. The summed E-state index contributed by atoms with van der Waals surface area (Å²) in [5.41, 5.74) is 6.28. The number of nitrogens with two attached hydrogens (primary N) is 1. The summed E-state index contributed by atoms with van der Waals surface area (Å²) in [6.45, 7) is 4.50. The minimum Gasteiger partial charge on any atom is -0.381 e. The highest BCUT2D eigenvalue weighted by atomic mass is 32.2. The molecule has 0 bridgehead atoms. The van der Waals surface area contributed by atoms with Gasteiger partial charge in [0.15, 0.2) is 10.8 Å². The third-order valence-electron chi connectivity index (χ3n) is 3.48. The number of nitrogens with zero attached hydrogens (tertiary/aromatic N) is 2. The Hall–Kier alpha value is -1.60. The van der Waals surface area contributed by atoms with Gasteiger partial charge in [-0.2, -0.15) is 0 Å². The van der Waals surface area contributed by atoms with Crippen molar-refractivity contribution in [2.75, 3.05) is 12.3 Å². The molecule has 0 amide bonds. The SMILES string of the molecule is CCC(CC)CNS(=O)(=O)c1c(N)nc2ccccn12. The number of aromatic nitrogens is 2. The molecule has 0 saturated heterocycles. The first-order valence-electron chi connectivity index (χ1n) is 6.71. The number of rotatable bonds is 6. The molecule has 2 heterocycles. The van der Waals surface area contributed by atoms with Crippen LogP contribution in [0.5, 0.6) is 0 Å². The topological polar surface area (TPSA) is 89.5 Å². The quantitative estimate of drug-likeness (QED) is 0.848. The second-order valence-corrected chi connectivity index (χ2v) is 6.45. The lowest BCUT2D eigenvalue weighted by Gasteiger charge is -2.13. The van der Waals surface area contributed by atoms with Crippen molar-refractivity contribution >= 4 is 21.5 Å². The van der Waals surface area contributed by atoms with E-state index in [1.807, 2.05) is 13.8 Å². The van der Waals surface area contributed by atoms with E-state index >= 15 is 0 Å². The summed E-state index contributed by atoms with van der Waals surface area (Å²) in [6.07, 6.45) is 3.51. The van der Waals surface area contributed by atoms with Gasteiger partial charge in [0.2, 0.25) is 0 Å². The van der Waals surface area contributed by atoms with Gasteiger partial charge in [-0.25, -0.2) is 18.1 Å². The molecule has 110 valence electrons. The maximum atomic E-state index is 12.4. The highest BCUT2D eigenvalue weighted by Crippen LogP contribution is 2.20. The van der Waals surface area contributed by atoms with Crippen molar-refractivity contribution in [3.8, 4) is 0 Å². The van der Waals surface area contributed by atoms with Crippen LogP contribution in [0.3, 0.4) is 0 Å². The van der Waals surface area contributed by atoms with Gasteiger partial charge >= 0.3 is 0 Å². The van der Waals surface area contributed by atoms with Gasteiger partial charge in [-0.15, -0.1) is 0 Å². The zero-order valence-corrected chi connectivity index (χ0v) is 12.5. The van der Waals surface area contributed by atoms with Gasteiger partial charge in [0.05, 0.1) is 0 Å². The molecule has 0 unspecified atom stereocenters. The molecule has 0 radical (unpaired) electrons. The van der Waals surface area contributed by atoms with Crippen molar-refractivity contribution in [3.05, 3.63) is 24.4 Å². The van der Waals surface area contributed by atoms with E-state index in [0.29, 0.717) is 18.1 Å². The van der Waals surface area contributed by atoms with Gasteiger partial charge in [0, 0.05) is 12.7 Å². The van der Waals surface area contributed by atoms with Crippen LogP contribution in [0, 0.1) is 5.92 Å². The zero-order chi connectivity index (χ0) is 14.8. The van der Waals surface area contributed by atoms with Crippen molar-refractivity contribution < 1.29 is 8.42 Å². The van der Waals surface area contributed by atoms with Crippen LogP contribution in [-0.2, 0) is 10.0 Å². The second-order valence-electron chi connectivity index (χ2n) is 4.77. The van der Waals surface area contributed by atoms with E-state index in [1.54, 1.807) is 24.4 Å². The molecule has 0 saturated carbocycles. The van der Waals surface area contributed by atoms with Crippen molar-refractivity contribution in [2.24, 2.45) is 5.92 Å². The Morgan fingerprint density at radius 1 is 1.35 bits per heavy atom. The van der Waals surface area contributed by atoms with Gasteiger partial charge in [-0.05, 0) is 18.1 Å². The third-order valence-corrected chi connectivity index (χ3v) is 4.94. The summed E-state index contributed by atoms with van der Waals surface area (Å²) in [6, 6.07) is 5.25. The summed E-state index contributed by atoms with van der Waals surface area (Å²) in [4.78, 5) is 4.07. The second kappa shape index (κ2) is 5.80. The zero-order valence-electron chi connectivity index (χ0n) is 11.7. The standard InChI is InChI=1S/C13H20N4O2S/c1-3-10(4-2)9-15-20(18,19)13-12(14)16-11-7-5-6-8-17(11)13/h5-8,10,15H,3-4,9,14H2,1-2H3. The minimum absolute atomic E-state index is 0.0130. The van der Waals surface area contributed by atoms with Gasteiger partial charge in [0.25, 0.3) is 10.0 Å². The van der Waals surface area contributed by atoms with E-state index in [9.17, 15) is 8.42 Å². The number of nitrogen functional groups attached to an aromatic ring is 1. The molecule has 7 heteroatoms. The Kier molecular flexibility index (Phi) is 4.29. The van der Waals surface area contributed by atoms with E-state index in [-0.39, 0.29) is 10.8 Å². The smallest absolute Gasteiger partial charge is 0.260 e. The molecular formula is C13H20N4O2S. The minimum atomic E-state index is -3.66. The van der Waals surface area contributed by atoms with Crippen molar-refractivity contribution in [3.63, 3.8) is 0 Å². The first-order valence-corrected chi connectivity index (χ1v) is 8.20. The fourth-order valence-electron chi connectivity index (χ4n) is 2.13. The van der Waals surface area contributed by atoms with Crippen LogP contribution in [0.2, 0.25) is 0 Å². The number of anilines is 1. The van der Waals surface area contributed by atoms with E-state index in [2.05, 4.69) is 9.71 Å². The lowest BCUT2D eigenvalue weighted by molar-refractivity contribution is 0.478. The lowest BCUT2D eigenvalue weighted by atomic mass is 10.0. The van der Waals surface area contributed by atoms with E-state index in [1.165, 1.54) is 4.40 Å². The maximum Gasteiger partial charge on any atom is 0.260 e. The fourth-order valence-corrected chi connectivity index (χ4v) is 3.46. The van der Waals surface area contributed by atoms with Crippen LogP contribution in [0.4, 0.5) is 5.82 Å². The normalized spacial score (nSPS) is 12.3. The van der Waals surface area contributed by atoms with Crippen LogP contribution in [0.1, 0.15) is 26.7 Å². The van der Waals surface area contributed by atoms with Crippen LogP contribution in [0.25, 0.3) is 5.65 Å². The van der Waals surface area contributed by atoms with E-state index in [0.717, 1.165) is 12.8 Å². The first-order chi connectivity index (χ1) is 9.49. The van der Waals surface area contributed by atoms with Crippen molar-refractivity contribution in [1.29, 1.82) is 0 Å². The number of fused-ring (bicyclic) bond motifs is 1. The predicted molar refractivity (Wildman–Crippen MR) is 78.9 cm³/mol. The van der Waals surface area contributed by atoms with E-state index < -0.39 is 10.0 Å². The molecule has 0 aliphatic rings. The van der Waals surface area contributed by atoms with Crippen LogP contribution in [-0.4, -0.2) is 24.3 Å². The monoisotopic (exact) mass is 296 g/mol. The van der Waals surface area contributed by atoms with Crippen LogP contribution in [0.15, 0.2) is 29.4 Å². The molecule has 0 spiro atoms. The Morgan fingerprint density at radius 3 is 2.70 bits per heavy atom. The fraction of sp³-hybridized carbons (Fsp3) is 0.462. The number of imidazole rings is 1. The molecule has 2 aromatic heterocycles. The molecule has 0 aromatic carbocycles. The number of hydrogen-bond acceptors (Lipinski definition) is 4. The molecule has 0 aliphatic heterocycles. The van der Waals surface area contributed by atoms with Crippen molar-refractivity contribution in [2.45, 2.75) is 31.7 Å². The highest BCUT2D eigenvalue weighted by Gasteiger charge is 2.24. The average molecular weight is 296 g/mol. The first kappa shape index (κ1) is 14.8. The molecule has 2 rings (SSSR count). The third kappa shape index (κ3) is 2.78. The number of sulfonamides is 1. The highest BCUT2D eigenvalue weighted by molar-refractivity contribution is 7.89. The lowest BCUT2D eigenvalue weighted by Crippen LogP contribution is -2.30. The van der Waals surface area contributed by atoms with E-state index in [4.69, 9.17) is 5.73 Å². The summed E-state index contributed by atoms with van der Waals surface area (Å²) >= 11 is 0. The summed E-state index contributed by atoms with van der Waals surface area (Å²) < 4.78 is 28.9. The molecule has 3 N–H and O–H groups in total. The maximum absolute atomic E-state index is 12.4. The predicted octanol–water partition coefficient (Wildman–Crippen LogP) is 1.63. The summed E-state index contributed by atoms with van der Waals surface area (Å²) in [5, 5.41) is 0.0130. The molecular weight excluding hydrogens is 276 g/mol. The molecule has 20 heavy (non-hydrogen) atoms. The van der Waals surface area contributed by atoms with Gasteiger partial charge in [-0.3, -0.25) is 4.40 Å². The molecule has 6 nitrogen and oxygen atoms in total. The molecule has 0 fully saturated rings. The summed E-state index contributed by atoms with van der Waals surface area (Å²) in [7, 11) is -3.66. The van der Waals surface area contributed by atoms with Crippen LogP contribution >= 0.6 is 0 Å². The van der Waals surface area contributed by atoms with Crippen LogP contribution < -0.4 is 10.5 Å². The molecule has 0 aliphatic carbocycles. The number of hydrogen-bond donors (Lipinski definition) is 2. The Bertz CT molecular complexity index is 689. The van der Waals surface area contributed by atoms with Gasteiger partial charge < -0.3 is 5.73 Å². The Morgan fingerprint density at radius 2 is 2.05 bits per heavy atom. The molecule has 2 aromatic rings. The Balaban J connectivity index is 2.34. The average Bonchev–Trinajstić information content (AvgIpc) is 2.76. The number of nitrogens with one attached hydrogen (secondary N) is 1. The van der Waals surface area contributed by atoms with Gasteiger partial charge in [-0.1, -0.05) is 32.8 Å².